The highest BCUT2D eigenvalue weighted by Crippen LogP contribution is 2.46. The number of amides is 1. The predicted octanol–water partition coefficient (Wildman–Crippen LogP) is 4.38. The molecule has 0 aliphatic carbocycles. The molecule has 0 saturated carbocycles. The van der Waals surface area contributed by atoms with Gasteiger partial charge in [-0.3, -0.25) is 14.3 Å². The molecule has 1 amide bonds. The Morgan fingerprint density at radius 1 is 1.14 bits per heavy atom. The van der Waals surface area contributed by atoms with E-state index >= 15 is 0 Å². The number of hydrogen-bond acceptors (Lipinski definition) is 7. The Morgan fingerprint density at radius 3 is 2.65 bits per heavy atom. The fourth-order valence-electron chi connectivity index (χ4n) is 5.70. The number of carbonyl (C=O) groups is 1. The van der Waals surface area contributed by atoms with Gasteiger partial charge in [-0.25, -0.2) is 4.98 Å². The van der Waals surface area contributed by atoms with E-state index in [1.165, 1.54) is 0 Å². The number of pyridine rings is 1. The molecule has 9 heteroatoms. The first-order valence-electron chi connectivity index (χ1n) is 12.9. The van der Waals surface area contributed by atoms with E-state index in [0.717, 1.165) is 51.0 Å². The number of imidazole rings is 1. The molecule has 0 spiro atoms. The third kappa shape index (κ3) is 3.75. The lowest BCUT2D eigenvalue weighted by molar-refractivity contribution is -0.136. The molecule has 4 aromatic rings. The Bertz CT molecular complexity index is 1450. The molecule has 37 heavy (non-hydrogen) atoms. The zero-order valence-corrected chi connectivity index (χ0v) is 21.9. The third-order valence-corrected chi connectivity index (χ3v) is 7.50. The molecule has 0 N–H and O–H groups in total. The lowest BCUT2D eigenvalue weighted by atomic mass is 10.0. The maximum atomic E-state index is 12.8. The van der Waals surface area contributed by atoms with E-state index in [-0.39, 0.29) is 23.9 Å². The minimum atomic E-state index is -0.126. The van der Waals surface area contributed by atoms with Crippen molar-refractivity contribution in [1.82, 2.24) is 24.6 Å². The normalized spacial score (nSPS) is 19.5. The largest absolute Gasteiger partial charge is 0.488 e. The molecule has 1 fully saturated rings. The molecular formula is C28H32N6O3. The molecule has 1 aromatic carbocycles. The van der Waals surface area contributed by atoms with Crippen molar-refractivity contribution in [3.8, 4) is 16.9 Å². The molecular weight excluding hydrogens is 468 g/mol. The average molecular weight is 501 g/mol. The smallest absolute Gasteiger partial charge is 0.225 e. The van der Waals surface area contributed by atoms with Crippen molar-refractivity contribution in [3.05, 3.63) is 53.7 Å². The highest BCUT2D eigenvalue weighted by atomic mass is 16.5. The zero-order valence-electron chi connectivity index (χ0n) is 21.9. The molecule has 2 aliphatic heterocycles. The van der Waals surface area contributed by atoms with E-state index in [0.29, 0.717) is 26.2 Å². The van der Waals surface area contributed by atoms with Crippen molar-refractivity contribution >= 4 is 22.9 Å². The standard InChI is InChI=1S/C28H32N6O3/c1-16(2)27(35)33-13-12-32(14-17(33)3)28-30-22-10-9-20(24-18(4)31-37-19(24)5)26-25(22)34(28)23(15-36-26)21-8-6-7-11-29-21/h6-11,16-17,23H,12-15H2,1-5H3/t17-,23+/m0/s1. The zero-order chi connectivity index (χ0) is 25.8. The van der Waals surface area contributed by atoms with Gasteiger partial charge in [-0.1, -0.05) is 25.1 Å². The predicted molar refractivity (Wildman–Crippen MR) is 141 cm³/mol. The fraction of sp³-hybridized carbons (Fsp3) is 0.429. The number of nitrogens with zero attached hydrogens (tertiary/aromatic N) is 6. The van der Waals surface area contributed by atoms with E-state index in [1.807, 2.05) is 69.1 Å². The molecule has 9 nitrogen and oxygen atoms in total. The molecule has 2 aliphatic rings. The first-order chi connectivity index (χ1) is 17.8. The average Bonchev–Trinajstić information content (AvgIpc) is 3.45. The summed E-state index contributed by atoms with van der Waals surface area (Å²) in [5.41, 5.74) is 5.48. The molecule has 0 unspecified atom stereocenters. The summed E-state index contributed by atoms with van der Waals surface area (Å²) in [5, 5.41) is 4.17. The first-order valence-corrected chi connectivity index (χ1v) is 12.9. The molecule has 0 radical (unpaired) electrons. The minimum Gasteiger partial charge on any atom is -0.488 e. The summed E-state index contributed by atoms with van der Waals surface area (Å²) < 4.78 is 14.2. The third-order valence-electron chi connectivity index (χ3n) is 7.50. The summed E-state index contributed by atoms with van der Waals surface area (Å²) in [6.07, 6.45) is 1.82. The van der Waals surface area contributed by atoms with E-state index < -0.39 is 0 Å². The van der Waals surface area contributed by atoms with Crippen molar-refractivity contribution in [1.29, 1.82) is 0 Å². The van der Waals surface area contributed by atoms with Gasteiger partial charge in [0.25, 0.3) is 0 Å². The number of piperazine rings is 1. The number of anilines is 1. The second kappa shape index (κ2) is 8.90. The van der Waals surface area contributed by atoms with Crippen LogP contribution in [0.2, 0.25) is 0 Å². The van der Waals surface area contributed by atoms with Gasteiger partial charge < -0.3 is 19.1 Å². The van der Waals surface area contributed by atoms with Crippen molar-refractivity contribution < 1.29 is 14.1 Å². The molecule has 192 valence electrons. The second-order valence-electron chi connectivity index (χ2n) is 10.4. The molecule has 3 aromatic heterocycles. The quantitative estimate of drug-likeness (QED) is 0.411. The van der Waals surface area contributed by atoms with Gasteiger partial charge in [0, 0.05) is 43.4 Å². The Morgan fingerprint density at radius 2 is 1.97 bits per heavy atom. The number of aryl methyl sites for hydroxylation is 2. The summed E-state index contributed by atoms with van der Waals surface area (Å²) >= 11 is 0. The van der Waals surface area contributed by atoms with Crippen LogP contribution in [-0.4, -0.2) is 62.8 Å². The molecule has 1 saturated heterocycles. The lowest BCUT2D eigenvalue weighted by Gasteiger charge is -2.41. The van der Waals surface area contributed by atoms with Crippen LogP contribution in [-0.2, 0) is 4.79 Å². The molecule has 6 rings (SSSR count). The van der Waals surface area contributed by atoms with Gasteiger partial charge in [0.05, 0.1) is 22.5 Å². The van der Waals surface area contributed by atoms with Crippen LogP contribution in [0.1, 0.15) is 44.0 Å². The Balaban J connectivity index is 1.50. The van der Waals surface area contributed by atoms with Gasteiger partial charge in [-0.2, -0.15) is 0 Å². The Kier molecular flexibility index (Phi) is 5.66. The molecule has 5 heterocycles. The van der Waals surface area contributed by atoms with Crippen molar-refractivity contribution in [2.45, 2.75) is 46.7 Å². The van der Waals surface area contributed by atoms with Gasteiger partial charge in [-0.15, -0.1) is 0 Å². The highest BCUT2D eigenvalue weighted by molar-refractivity contribution is 5.94. The minimum absolute atomic E-state index is 0.0137. The Labute approximate surface area is 216 Å². The van der Waals surface area contributed by atoms with Crippen LogP contribution in [0.4, 0.5) is 5.95 Å². The number of aromatic nitrogens is 4. The monoisotopic (exact) mass is 500 g/mol. The van der Waals surface area contributed by atoms with Crippen molar-refractivity contribution in [3.63, 3.8) is 0 Å². The summed E-state index contributed by atoms with van der Waals surface area (Å²) in [5.74, 6) is 2.62. The summed E-state index contributed by atoms with van der Waals surface area (Å²) in [6.45, 7) is 12.4. The number of rotatable bonds is 4. The van der Waals surface area contributed by atoms with Crippen LogP contribution >= 0.6 is 0 Å². The lowest BCUT2D eigenvalue weighted by Crippen LogP contribution is -2.55. The van der Waals surface area contributed by atoms with E-state index in [2.05, 4.69) is 26.5 Å². The number of ether oxygens (including phenoxy) is 1. The molecule has 2 atom stereocenters. The van der Waals surface area contributed by atoms with E-state index in [4.69, 9.17) is 14.2 Å². The van der Waals surface area contributed by atoms with Gasteiger partial charge in [0.2, 0.25) is 11.9 Å². The van der Waals surface area contributed by atoms with Crippen molar-refractivity contribution in [2.24, 2.45) is 5.92 Å². The summed E-state index contributed by atoms with van der Waals surface area (Å²) in [7, 11) is 0. The molecule has 0 bridgehead atoms. The number of hydrogen-bond donors (Lipinski definition) is 0. The van der Waals surface area contributed by atoms with E-state index in [9.17, 15) is 4.79 Å². The van der Waals surface area contributed by atoms with Crippen LogP contribution < -0.4 is 9.64 Å². The van der Waals surface area contributed by atoms with Crippen LogP contribution in [0.15, 0.2) is 41.1 Å². The van der Waals surface area contributed by atoms with Crippen LogP contribution in [0.25, 0.3) is 22.2 Å². The van der Waals surface area contributed by atoms with Crippen LogP contribution in [0, 0.1) is 19.8 Å². The maximum Gasteiger partial charge on any atom is 0.225 e. The first kappa shape index (κ1) is 23.5. The second-order valence-corrected chi connectivity index (χ2v) is 10.4. The number of benzene rings is 1. The van der Waals surface area contributed by atoms with Gasteiger partial charge in [0.1, 0.15) is 23.9 Å². The fourth-order valence-corrected chi connectivity index (χ4v) is 5.70. The van der Waals surface area contributed by atoms with Crippen LogP contribution in [0.3, 0.4) is 0 Å². The van der Waals surface area contributed by atoms with Crippen molar-refractivity contribution in [2.75, 3.05) is 31.1 Å². The van der Waals surface area contributed by atoms with E-state index in [1.54, 1.807) is 0 Å². The van der Waals surface area contributed by atoms with Gasteiger partial charge >= 0.3 is 0 Å². The topological polar surface area (TPSA) is 89.5 Å². The Hall–Kier alpha value is -3.88. The number of carbonyl (C=O) groups excluding carboxylic acids is 1. The van der Waals surface area contributed by atoms with Crippen LogP contribution in [0.5, 0.6) is 5.75 Å². The van der Waals surface area contributed by atoms with Gasteiger partial charge in [-0.05, 0) is 45.0 Å². The SMILES string of the molecule is Cc1noc(C)c1-c1ccc2nc(N3CCN(C(=O)C(C)C)[C@@H](C)C3)n3c2c1OC[C@@H]3c1ccccn1. The summed E-state index contributed by atoms with van der Waals surface area (Å²) in [4.78, 5) is 26.9. The maximum absolute atomic E-state index is 12.8. The highest BCUT2D eigenvalue weighted by Gasteiger charge is 2.36. The summed E-state index contributed by atoms with van der Waals surface area (Å²) in [6, 6.07) is 10.0. The van der Waals surface area contributed by atoms with Gasteiger partial charge in [0.15, 0.2) is 5.75 Å².